The van der Waals surface area contributed by atoms with Crippen molar-refractivity contribution in [3.8, 4) is 0 Å². The van der Waals surface area contributed by atoms with E-state index in [2.05, 4.69) is 9.88 Å². The number of nitrogens with zero attached hydrogens (tertiary/aromatic N) is 4. The lowest BCUT2D eigenvalue weighted by atomic mass is 10.1. The van der Waals surface area contributed by atoms with Crippen molar-refractivity contribution in [3.63, 3.8) is 0 Å². The first-order chi connectivity index (χ1) is 12.8. The number of ether oxygens (including phenoxy) is 1. The van der Waals surface area contributed by atoms with Crippen LogP contribution in [0.15, 0.2) is 35.4 Å². The van der Waals surface area contributed by atoms with Gasteiger partial charge in [0.05, 0.1) is 31.0 Å². The Bertz CT molecular complexity index is 808. The highest BCUT2D eigenvalue weighted by molar-refractivity contribution is 7.98. The smallest absolute Gasteiger partial charge is 0.255 e. The quantitative estimate of drug-likeness (QED) is 0.773. The summed E-state index contributed by atoms with van der Waals surface area (Å²) in [5, 5.41) is 0. The van der Waals surface area contributed by atoms with Gasteiger partial charge in [-0.15, -0.1) is 11.8 Å². The molecule has 1 aromatic heterocycles. The topological polar surface area (TPSA) is 58.6 Å². The van der Waals surface area contributed by atoms with E-state index in [1.54, 1.807) is 11.8 Å². The van der Waals surface area contributed by atoms with E-state index in [9.17, 15) is 4.79 Å². The predicted octanol–water partition coefficient (Wildman–Crippen LogP) is 2.23. The molecule has 3 heterocycles. The van der Waals surface area contributed by atoms with Crippen LogP contribution >= 0.6 is 11.8 Å². The van der Waals surface area contributed by atoms with E-state index in [-0.39, 0.29) is 5.91 Å². The number of benzene rings is 1. The number of fused-ring (bicyclic) bond motifs is 1. The number of hydrogen-bond donors (Lipinski definition) is 0. The van der Waals surface area contributed by atoms with Crippen LogP contribution < -0.4 is 4.90 Å². The molecule has 0 saturated carbocycles. The molecule has 1 fully saturated rings. The lowest BCUT2D eigenvalue weighted by Crippen LogP contribution is -2.39. The Kier molecular flexibility index (Phi) is 5.08. The second kappa shape index (κ2) is 7.63. The number of aromatic nitrogens is 2. The van der Waals surface area contributed by atoms with Gasteiger partial charge in [0, 0.05) is 30.7 Å². The van der Waals surface area contributed by atoms with Crippen molar-refractivity contribution >= 4 is 23.6 Å². The third-order valence-electron chi connectivity index (χ3n) is 4.85. The van der Waals surface area contributed by atoms with Gasteiger partial charge in [0.15, 0.2) is 0 Å². The number of morpholine rings is 1. The van der Waals surface area contributed by atoms with Crippen molar-refractivity contribution in [2.24, 2.45) is 0 Å². The van der Waals surface area contributed by atoms with Gasteiger partial charge in [0.25, 0.3) is 5.91 Å². The molecule has 0 radical (unpaired) electrons. The van der Waals surface area contributed by atoms with Gasteiger partial charge in [-0.25, -0.2) is 9.97 Å². The van der Waals surface area contributed by atoms with Gasteiger partial charge < -0.3 is 14.5 Å². The lowest BCUT2D eigenvalue weighted by Gasteiger charge is -2.31. The van der Waals surface area contributed by atoms with Gasteiger partial charge in [-0.1, -0.05) is 12.1 Å². The van der Waals surface area contributed by atoms with Crippen LogP contribution in [0.5, 0.6) is 0 Å². The summed E-state index contributed by atoms with van der Waals surface area (Å²) in [5.41, 5.74) is 2.87. The second-order valence-corrected chi connectivity index (χ2v) is 7.27. The summed E-state index contributed by atoms with van der Waals surface area (Å²) in [6.45, 7) is 4.27. The summed E-state index contributed by atoms with van der Waals surface area (Å²) in [6, 6.07) is 7.79. The fraction of sp³-hybridized carbons (Fsp3) is 0.421. The minimum absolute atomic E-state index is 0.0761. The van der Waals surface area contributed by atoms with Crippen LogP contribution in [0.1, 0.15) is 21.6 Å². The molecule has 2 aliphatic rings. The van der Waals surface area contributed by atoms with Crippen molar-refractivity contribution in [1.29, 1.82) is 0 Å². The summed E-state index contributed by atoms with van der Waals surface area (Å²) in [4.78, 5) is 27.4. The van der Waals surface area contributed by atoms with E-state index in [4.69, 9.17) is 9.72 Å². The highest BCUT2D eigenvalue weighted by atomic mass is 32.2. The maximum atomic E-state index is 13.0. The lowest BCUT2D eigenvalue weighted by molar-refractivity contribution is 0.0728. The first-order valence-electron chi connectivity index (χ1n) is 8.86. The second-order valence-electron chi connectivity index (χ2n) is 6.42. The van der Waals surface area contributed by atoms with Crippen molar-refractivity contribution in [1.82, 2.24) is 14.9 Å². The van der Waals surface area contributed by atoms with Gasteiger partial charge >= 0.3 is 0 Å². The molecule has 0 atom stereocenters. The van der Waals surface area contributed by atoms with Crippen molar-refractivity contribution in [3.05, 3.63) is 47.3 Å². The van der Waals surface area contributed by atoms with Gasteiger partial charge in [0.2, 0.25) is 5.95 Å². The zero-order valence-corrected chi connectivity index (χ0v) is 15.7. The first-order valence-corrected chi connectivity index (χ1v) is 10.1. The molecule has 0 N–H and O–H groups in total. The van der Waals surface area contributed by atoms with Crippen LogP contribution in [0.2, 0.25) is 0 Å². The molecule has 1 saturated heterocycles. The van der Waals surface area contributed by atoms with Crippen molar-refractivity contribution in [2.75, 3.05) is 44.0 Å². The average Bonchev–Trinajstić information content (AvgIpc) is 2.73. The van der Waals surface area contributed by atoms with E-state index < -0.39 is 0 Å². The Morgan fingerprint density at radius 1 is 1.19 bits per heavy atom. The molecule has 1 amide bonds. The van der Waals surface area contributed by atoms with Crippen molar-refractivity contribution in [2.45, 2.75) is 17.9 Å². The van der Waals surface area contributed by atoms with Crippen molar-refractivity contribution < 1.29 is 9.53 Å². The summed E-state index contributed by atoms with van der Waals surface area (Å²) in [6.07, 6.45) is 4.72. The molecule has 26 heavy (non-hydrogen) atoms. The summed E-state index contributed by atoms with van der Waals surface area (Å²) >= 11 is 1.60. The summed E-state index contributed by atoms with van der Waals surface area (Å²) in [7, 11) is 0. The van der Waals surface area contributed by atoms with Gasteiger partial charge in [-0.3, -0.25) is 4.79 Å². The van der Waals surface area contributed by atoms with Crippen LogP contribution in [0.25, 0.3) is 0 Å². The number of amides is 1. The molecule has 0 bridgehead atoms. The Hall–Kier alpha value is -2.12. The maximum Gasteiger partial charge on any atom is 0.255 e. The van der Waals surface area contributed by atoms with Crippen LogP contribution in [0.4, 0.5) is 5.95 Å². The molecule has 6 nitrogen and oxygen atoms in total. The van der Waals surface area contributed by atoms with Crippen LogP contribution in [-0.2, 0) is 17.7 Å². The first kappa shape index (κ1) is 17.3. The van der Waals surface area contributed by atoms with E-state index in [0.29, 0.717) is 26.3 Å². The van der Waals surface area contributed by atoms with E-state index >= 15 is 0 Å². The SMILES string of the molecule is CSc1ccccc1C(=O)N1CCc2cnc(N3CCOCC3)nc2C1. The Labute approximate surface area is 157 Å². The molecule has 1 aromatic carbocycles. The Morgan fingerprint density at radius 3 is 2.81 bits per heavy atom. The number of carbonyl (C=O) groups is 1. The molecule has 2 aromatic rings. The zero-order valence-electron chi connectivity index (χ0n) is 14.9. The number of hydrogen-bond acceptors (Lipinski definition) is 6. The molecule has 136 valence electrons. The minimum Gasteiger partial charge on any atom is -0.378 e. The Balaban J connectivity index is 1.55. The molecule has 4 rings (SSSR count). The number of rotatable bonds is 3. The fourth-order valence-corrected chi connectivity index (χ4v) is 3.96. The largest absolute Gasteiger partial charge is 0.378 e. The standard InChI is InChI=1S/C19H22N4O2S/c1-26-17-5-3-2-4-15(17)18(24)23-7-6-14-12-20-19(21-16(14)13-23)22-8-10-25-11-9-22/h2-5,12H,6-11,13H2,1H3. The van der Waals surface area contributed by atoms with Crippen LogP contribution in [0.3, 0.4) is 0 Å². The maximum absolute atomic E-state index is 13.0. The van der Waals surface area contributed by atoms with Gasteiger partial charge in [-0.2, -0.15) is 0 Å². The number of thioether (sulfide) groups is 1. The van der Waals surface area contributed by atoms with Gasteiger partial charge in [0.1, 0.15) is 0 Å². The minimum atomic E-state index is 0.0761. The average molecular weight is 370 g/mol. The summed E-state index contributed by atoms with van der Waals surface area (Å²) in [5.74, 6) is 0.818. The molecule has 0 aliphatic carbocycles. The van der Waals surface area contributed by atoms with E-state index in [1.807, 2.05) is 41.6 Å². The van der Waals surface area contributed by atoms with Gasteiger partial charge in [-0.05, 0) is 30.4 Å². The highest BCUT2D eigenvalue weighted by Crippen LogP contribution is 2.25. The highest BCUT2D eigenvalue weighted by Gasteiger charge is 2.25. The third-order valence-corrected chi connectivity index (χ3v) is 5.65. The molecule has 0 spiro atoms. The third kappa shape index (κ3) is 3.41. The molecular weight excluding hydrogens is 348 g/mol. The predicted molar refractivity (Wildman–Crippen MR) is 102 cm³/mol. The number of anilines is 1. The molecular formula is C19H22N4O2S. The molecule has 2 aliphatic heterocycles. The molecule has 7 heteroatoms. The summed E-state index contributed by atoms with van der Waals surface area (Å²) < 4.78 is 5.40. The fourth-order valence-electron chi connectivity index (χ4n) is 3.37. The van der Waals surface area contributed by atoms with Crippen LogP contribution in [-0.4, -0.2) is 59.9 Å². The zero-order chi connectivity index (χ0) is 17.9. The van der Waals surface area contributed by atoms with Crippen LogP contribution in [0, 0.1) is 0 Å². The number of carbonyl (C=O) groups excluding carboxylic acids is 1. The monoisotopic (exact) mass is 370 g/mol. The van der Waals surface area contributed by atoms with E-state index in [0.717, 1.165) is 47.2 Å². The normalized spacial score (nSPS) is 17.1. The Morgan fingerprint density at radius 2 is 2.00 bits per heavy atom. The molecule has 0 unspecified atom stereocenters. The van der Waals surface area contributed by atoms with E-state index in [1.165, 1.54) is 0 Å².